The van der Waals surface area contributed by atoms with E-state index in [1.54, 1.807) is 0 Å². The smallest absolute Gasteiger partial charge is 0.324 e. The monoisotopic (exact) mass is 192 g/mol. The molecule has 0 saturated carbocycles. The summed E-state index contributed by atoms with van der Waals surface area (Å²) in [7, 11) is 0. The minimum atomic E-state index is -3.93. The van der Waals surface area contributed by atoms with Gasteiger partial charge < -0.3 is 9.79 Å². The van der Waals surface area contributed by atoms with E-state index in [1.165, 1.54) is 12.1 Å². The van der Waals surface area contributed by atoms with Gasteiger partial charge >= 0.3 is 6.72 Å². The molecular weight excluding hydrogens is 187 g/mol. The Bertz CT molecular complexity index is 258. The summed E-state index contributed by atoms with van der Waals surface area (Å²) in [5.41, 5.74) is -1.88. The second-order valence-corrected chi connectivity index (χ2v) is 4.43. The lowest BCUT2D eigenvalue weighted by molar-refractivity contribution is 0.171. The summed E-state index contributed by atoms with van der Waals surface area (Å²) >= 11 is 4.06. The van der Waals surface area contributed by atoms with Crippen LogP contribution in [0.1, 0.15) is 6.92 Å². The molecule has 0 aliphatic carbocycles. The van der Waals surface area contributed by atoms with Gasteiger partial charge in [0.05, 0.1) is 0 Å². The second kappa shape index (κ2) is 3.27. The third-order valence-electron chi connectivity index (χ3n) is 0.728. The highest BCUT2D eigenvalue weighted by molar-refractivity contribution is 8.06. The fourth-order valence-corrected chi connectivity index (χ4v) is 1.31. The lowest BCUT2D eigenvalue weighted by Gasteiger charge is -2.15. The second-order valence-electron chi connectivity index (χ2n) is 1.84. The molecule has 11 heavy (non-hydrogen) atoms. The van der Waals surface area contributed by atoms with Crippen LogP contribution in [0.4, 0.5) is 0 Å². The Morgan fingerprint density at radius 2 is 1.82 bits per heavy atom. The zero-order chi connectivity index (χ0) is 9.12. The van der Waals surface area contributed by atoms with E-state index in [9.17, 15) is 0 Å². The van der Waals surface area contributed by atoms with Crippen molar-refractivity contribution in [2.75, 3.05) is 0 Å². The van der Waals surface area contributed by atoms with Crippen LogP contribution >= 0.6 is 6.72 Å². The van der Waals surface area contributed by atoms with E-state index >= 15 is 0 Å². The van der Waals surface area contributed by atoms with Gasteiger partial charge in [0.1, 0.15) is 12.1 Å². The van der Waals surface area contributed by atoms with Gasteiger partial charge in [0.25, 0.3) is 0 Å². The molecule has 0 heterocycles. The fourth-order valence-electron chi connectivity index (χ4n) is 0.304. The van der Waals surface area contributed by atoms with E-state index in [4.69, 9.17) is 20.3 Å². The van der Waals surface area contributed by atoms with E-state index < -0.39 is 12.3 Å². The quantitative estimate of drug-likeness (QED) is 0.598. The molecule has 0 fully saturated rings. The van der Waals surface area contributed by atoms with Crippen LogP contribution in [0.25, 0.3) is 0 Å². The number of hydrogen-bond acceptors (Lipinski definition) is 4. The van der Waals surface area contributed by atoms with E-state index in [2.05, 4.69) is 16.3 Å². The predicted octanol–water partition coefficient (Wildman–Crippen LogP) is 0.0180. The van der Waals surface area contributed by atoms with Crippen LogP contribution in [0, 0.1) is 22.7 Å². The average Bonchev–Trinajstić information content (AvgIpc) is 1.84. The molecule has 0 saturated heterocycles. The Balaban J connectivity index is 4.53. The molecule has 7 heteroatoms. The minimum Gasteiger partial charge on any atom is -0.324 e. The Hall–Kier alpha value is -0.490. The van der Waals surface area contributed by atoms with Crippen molar-refractivity contribution < 1.29 is 14.3 Å². The number of rotatable bonds is 2. The van der Waals surface area contributed by atoms with Gasteiger partial charge in [-0.1, -0.05) is 0 Å². The van der Waals surface area contributed by atoms with Crippen LogP contribution in [0.5, 0.6) is 0 Å². The molecule has 0 radical (unpaired) electrons. The van der Waals surface area contributed by atoms with Gasteiger partial charge in [-0.05, 0) is 18.7 Å². The topological polar surface area (TPSA) is 97.3 Å². The standard InChI is InChI=1S/C4H5N2O3PS/c1-4(2-5,3-6)9-10(7,8)11/h1H3,(H2,7,8,11). The summed E-state index contributed by atoms with van der Waals surface area (Å²) in [6, 6.07) is 2.88. The molecule has 0 aliphatic rings. The maximum Gasteiger partial charge on any atom is 0.324 e. The third kappa shape index (κ3) is 4.05. The average molecular weight is 192 g/mol. The molecule has 2 N–H and O–H groups in total. The van der Waals surface area contributed by atoms with Gasteiger partial charge in [-0.3, -0.25) is 4.52 Å². The molecule has 0 unspecified atom stereocenters. The summed E-state index contributed by atoms with van der Waals surface area (Å²) in [6.45, 7) is -2.83. The molecule has 0 aliphatic heterocycles. The molecule has 0 aromatic carbocycles. The summed E-state index contributed by atoms with van der Waals surface area (Å²) in [5, 5.41) is 16.6. The fraction of sp³-hybridized carbons (Fsp3) is 0.500. The first-order chi connectivity index (χ1) is 4.83. The molecule has 5 nitrogen and oxygen atoms in total. The molecule has 0 spiro atoms. The Kier molecular flexibility index (Phi) is 3.13. The van der Waals surface area contributed by atoms with E-state index in [1.807, 2.05) is 0 Å². The summed E-state index contributed by atoms with van der Waals surface area (Å²) in [4.78, 5) is 17.1. The van der Waals surface area contributed by atoms with Crippen molar-refractivity contribution in [2.45, 2.75) is 12.5 Å². The Morgan fingerprint density at radius 3 is 1.91 bits per heavy atom. The summed E-state index contributed by atoms with van der Waals surface area (Å²) < 4.78 is 4.24. The maximum atomic E-state index is 8.57. The van der Waals surface area contributed by atoms with Crippen LogP contribution in [-0.4, -0.2) is 15.4 Å². The van der Waals surface area contributed by atoms with Crippen molar-refractivity contribution in [3.8, 4) is 12.1 Å². The Morgan fingerprint density at radius 1 is 1.45 bits per heavy atom. The summed E-state index contributed by atoms with van der Waals surface area (Å²) in [5.74, 6) is 0. The zero-order valence-electron chi connectivity index (χ0n) is 5.55. The van der Waals surface area contributed by atoms with E-state index in [0.717, 1.165) is 6.92 Å². The summed E-state index contributed by atoms with van der Waals surface area (Å²) in [6.07, 6.45) is 0. The maximum absolute atomic E-state index is 8.57. The number of nitriles is 2. The number of hydrogen-bond donors (Lipinski definition) is 2. The molecule has 0 bridgehead atoms. The van der Waals surface area contributed by atoms with E-state index in [-0.39, 0.29) is 0 Å². The van der Waals surface area contributed by atoms with Crippen molar-refractivity contribution in [2.24, 2.45) is 0 Å². The first-order valence-electron chi connectivity index (χ1n) is 2.42. The van der Waals surface area contributed by atoms with Gasteiger partial charge in [-0.2, -0.15) is 10.5 Å². The highest BCUT2D eigenvalue weighted by atomic mass is 32.5. The minimum absolute atomic E-state index is 1.10. The predicted molar refractivity (Wildman–Crippen MR) is 39.4 cm³/mol. The van der Waals surface area contributed by atoms with Crippen molar-refractivity contribution in [1.29, 1.82) is 10.5 Å². The van der Waals surface area contributed by atoms with Crippen LogP contribution in [0.2, 0.25) is 0 Å². The van der Waals surface area contributed by atoms with Crippen molar-refractivity contribution in [1.82, 2.24) is 0 Å². The molecule has 0 amide bonds. The van der Waals surface area contributed by atoms with Gasteiger partial charge in [0.2, 0.25) is 5.60 Å². The molecule has 0 aromatic rings. The van der Waals surface area contributed by atoms with Gasteiger partial charge in [-0.25, -0.2) is 0 Å². The van der Waals surface area contributed by atoms with Gasteiger partial charge in [-0.15, -0.1) is 0 Å². The Labute approximate surface area is 68.7 Å². The van der Waals surface area contributed by atoms with Gasteiger partial charge in [0, 0.05) is 0 Å². The molecule has 0 rings (SSSR count). The first-order valence-corrected chi connectivity index (χ1v) is 5.04. The molecular formula is C4H5N2O3PS. The third-order valence-corrected chi connectivity index (χ3v) is 1.55. The van der Waals surface area contributed by atoms with Crippen LogP contribution < -0.4 is 0 Å². The highest BCUT2D eigenvalue weighted by Crippen LogP contribution is 2.41. The SMILES string of the molecule is CC(C#N)(C#N)OP(O)(O)=S. The zero-order valence-corrected chi connectivity index (χ0v) is 7.26. The van der Waals surface area contributed by atoms with Crippen LogP contribution in [-0.2, 0) is 16.3 Å². The first kappa shape index (κ1) is 10.5. The van der Waals surface area contributed by atoms with Crippen LogP contribution in [0.3, 0.4) is 0 Å². The van der Waals surface area contributed by atoms with E-state index in [0.29, 0.717) is 0 Å². The highest BCUT2D eigenvalue weighted by Gasteiger charge is 2.30. The van der Waals surface area contributed by atoms with Crippen LogP contribution in [0.15, 0.2) is 0 Å². The van der Waals surface area contributed by atoms with Crippen molar-refractivity contribution in [3.63, 3.8) is 0 Å². The van der Waals surface area contributed by atoms with Crippen molar-refractivity contribution in [3.05, 3.63) is 0 Å². The molecule has 0 atom stereocenters. The van der Waals surface area contributed by atoms with Crippen molar-refractivity contribution >= 4 is 18.5 Å². The largest absolute Gasteiger partial charge is 0.324 e. The number of nitrogens with zero attached hydrogens (tertiary/aromatic N) is 2. The van der Waals surface area contributed by atoms with Gasteiger partial charge in [0.15, 0.2) is 0 Å². The molecule has 0 aromatic heterocycles. The molecule has 60 valence electrons. The normalized spacial score (nSPS) is 11.7. The lowest BCUT2D eigenvalue weighted by atomic mass is 10.2. The lowest BCUT2D eigenvalue weighted by Crippen LogP contribution is -2.22.